The number of hydrogen-bond acceptors (Lipinski definition) is 5. The smallest absolute Gasteiger partial charge is 0.297 e. The lowest BCUT2D eigenvalue weighted by molar-refractivity contribution is 0.625. The summed E-state index contributed by atoms with van der Waals surface area (Å²) in [6.45, 7) is 4.02. The number of nitrogens with zero attached hydrogens (tertiary/aromatic N) is 3. The Morgan fingerprint density at radius 2 is 1.85 bits per heavy atom. The summed E-state index contributed by atoms with van der Waals surface area (Å²) in [5, 5.41) is 11.7. The van der Waals surface area contributed by atoms with Crippen molar-refractivity contribution in [3.05, 3.63) is 87.4 Å². The van der Waals surface area contributed by atoms with Crippen molar-refractivity contribution in [2.45, 2.75) is 17.5 Å². The third-order valence-electron chi connectivity index (χ3n) is 3.61. The van der Waals surface area contributed by atoms with Gasteiger partial charge in [-0.15, -0.1) is 16.8 Å². The molecule has 0 spiro atoms. The Morgan fingerprint density at radius 3 is 2.52 bits per heavy atom. The van der Waals surface area contributed by atoms with E-state index < -0.39 is 0 Å². The van der Waals surface area contributed by atoms with E-state index in [4.69, 9.17) is 0 Å². The lowest BCUT2D eigenvalue weighted by Gasteiger charge is -2.11. The molecule has 0 aliphatic rings. The van der Waals surface area contributed by atoms with Gasteiger partial charge in [-0.05, 0) is 42.0 Å². The van der Waals surface area contributed by atoms with Crippen LogP contribution in [0.1, 0.15) is 5.56 Å². The van der Waals surface area contributed by atoms with Crippen LogP contribution in [0.25, 0.3) is 0 Å². The maximum Gasteiger partial charge on any atom is 0.297 e. The normalized spacial score (nSPS) is 10.6. The van der Waals surface area contributed by atoms with E-state index in [1.54, 1.807) is 18.2 Å². The Balaban J connectivity index is 1.83. The molecule has 0 aliphatic heterocycles. The molecule has 27 heavy (non-hydrogen) atoms. The van der Waals surface area contributed by atoms with Gasteiger partial charge in [0, 0.05) is 22.5 Å². The summed E-state index contributed by atoms with van der Waals surface area (Å²) in [5.41, 5.74) is 1.38. The number of anilines is 2. The SMILES string of the molecule is C=CCn1c(SCc2ccc(F)cc2)nnc(Nc2ccc(Br)cc2)c1=O. The zero-order chi connectivity index (χ0) is 19.2. The highest BCUT2D eigenvalue weighted by molar-refractivity contribution is 9.10. The fourth-order valence-electron chi connectivity index (χ4n) is 2.28. The van der Waals surface area contributed by atoms with Crippen molar-refractivity contribution in [3.8, 4) is 0 Å². The van der Waals surface area contributed by atoms with E-state index in [-0.39, 0.29) is 17.2 Å². The van der Waals surface area contributed by atoms with Gasteiger partial charge in [0.25, 0.3) is 5.56 Å². The predicted octanol–water partition coefficient (Wildman–Crippen LogP) is 4.76. The Morgan fingerprint density at radius 1 is 1.15 bits per heavy atom. The molecule has 0 fully saturated rings. The van der Waals surface area contributed by atoms with Gasteiger partial charge in [-0.1, -0.05) is 45.9 Å². The van der Waals surface area contributed by atoms with Gasteiger partial charge in [0.2, 0.25) is 5.82 Å². The first-order valence-corrected chi connectivity index (χ1v) is 9.83. The Kier molecular flexibility index (Phi) is 6.41. The summed E-state index contributed by atoms with van der Waals surface area (Å²) in [6.07, 6.45) is 1.63. The van der Waals surface area contributed by atoms with Gasteiger partial charge in [-0.3, -0.25) is 9.36 Å². The minimum atomic E-state index is -0.283. The lowest BCUT2D eigenvalue weighted by Crippen LogP contribution is -2.26. The van der Waals surface area contributed by atoms with Gasteiger partial charge < -0.3 is 5.32 Å². The van der Waals surface area contributed by atoms with Gasteiger partial charge >= 0.3 is 0 Å². The summed E-state index contributed by atoms with van der Waals surface area (Å²) < 4.78 is 15.5. The van der Waals surface area contributed by atoms with Crippen LogP contribution in [0.15, 0.2) is 75.6 Å². The molecular weight excluding hydrogens is 431 g/mol. The van der Waals surface area contributed by atoms with Gasteiger partial charge in [0.05, 0.1) is 0 Å². The van der Waals surface area contributed by atoms with Crippen LogP contribution in [0.3, 0.4) is 0 Å². The molecule has 0 aliphatic carbocycles. The van der Waals surface area contributed by atoms with Crippen LogP contribution in [-0.2, 0) is 12.3 Å². The molecular formula is C19H16BrFN4OS. The molecule has 2 aromatic carbocycles. The molecule has 0 saturated carbocycles. The number of thioether (sulfide) groups is 1. The standard InChI is InChI=1S/C19H16BrFN4OS/c1-2-11-25-18(26)17(22-16-9-5-14(20)6-10-16)23-24-19(25)27-12-13-3-7-15(21)8-4-13/h2-10H,1,11-12H2,(H,22,23). The monoisotopic (exact) mass is 446 g/mol. The molecule has 138 valence electrons. The van der Waals surface area contributed by atoms with Crippen LogP contribution in [-0.4, -0.2) is 14.8 Å². The summed E-state index contributed by atoms with van der Waals surface area (Å²) in [4.78, 5) is 12.8. The average Bonchev–Trinajstić information content (AvgIpc) is 2.67. The minimum absolute atomic E-state index is 0.144. The lowest BCUT2D eigenvalue weighted by atomic mass is 10.2. The Bertz CT molecular complexity index is 990. The molecule has 1 heterocycles. The molecule has 0 saturated heterocycles. The Hall–Kier alpha value is -2.45. The fourth-order valence-corrected chi connectivity index (χ4v) is 3.44. The minimum Gasteiger partial charge on any atom is -0.334 e. The molecule has 5 nitrogen and oxygen atoms in total. The first kappa shape index (κ1) is 19.3. The van der Waals surface area contributed by atoms with Crippen molar-refractivity contribution in [1.82, 2.24) is 14.8 Å². The first-order valence-electron chi connectivity index (χ1n) is 8.05. The maximum atomic E-state index is 13.0. The highest BCUT2D eigenvalue weighted by Gasteiger charge is 2.12. The molecule has 3 aromatic rings. The number of aromatic nitrogens is 3. The quantitative estimate of drug-likeness (QED) is 0.418. The second-order valence-electron chi connectivity index (χ2n) is 5.58. The molecule has 0 amide bonds. The molecule has 0 unspecified atom stereocenters. The number of nitrogens with one attached hydrogen (secondary N) is 1. The molecule has 0 atom stereocenters. The van der Waals surface area contributed by atoms with Crippen LogP contribution in [0, 0.1) is 5.82 Å². The topological polar surface area (TPSA) is 59.8 Å². The summed E-state index contributed by atoms with van der Waals surface area (Å²) >= 11 is 4.73. The van der Waals surface area contributed by atoms with Gasteiger partial charge in [-0.25, -0.2) is 4.39 Å². The van der Waals surface area contributed by atoms with E-state index in [0.717, 1.165) is 15.7 Å². The maximum absolute atomic E-state index is 13.0. The highest BCUT2D eigenvalue weighted by Crippen LogP contribution is 2.21. The van der Waals surface area contributed by atoms with Crippen molar-refractivity contribution < 1.29 is 4.39 Å². The van der Waals surface area contributed by atoms with Crippen LogP contribution in [0.4, 0.5) is 15.9 Å². The van der Waals surface area contributed by atoms with Crippen LogP contribution >= 0.6 is 27.7 Å². The zero-order valence-corrected chi connectivity index (χ0v) is 16.6. The van der Waals surface area contributed by atoms with E-state index in [1.807, 2.05) is 24.3 Å². The summed E-state index contributed by atoms with van der Waals surface area (Å²) in [5.74, 6) is 0.408. The van der Waals surface area contributed by atoms with E-state index in [1.165, 1.54) is 28.5 Å². The van der Waals surface area contributed by atoms with Crippen LogP contribution < -0.4 is 10.9 Å². The van der Waals surface area contributed by atoms with Gasteiger partial charge in [-0.2, -0.15) is 0 Å². The van der Waals surface area contributed by atoms with Gasteiger partial charge in [0.15, 0.2) is 5.16 Å². The third kappa shape index (κ3) is 5.05. The van der Waals surface area contributed by atoms with E-state index in [2.05, 4.69) is 38.0 Å². The fraction of sp³-hybridized carbons (Fsp3) is 0.105. The van der Waals surface area contributed by atoms with E-state index in [9.17, 15) is 9.18 Å². The molecule has 8 heteroatoms. The number of benzene rings is 2. The molecule has 1 N–H and O–H groups in total. The van der Waals surface area contributed by atoms with Crippen molar-refractivity contribution >= 4 is 39.2 Å². The second kappa shape index (κ2) is 8.96. The number of rotatable bonds is 7. The average molecular weight is 447 g/mol. The van der Waals surface area contributed by atoms with Crippen molar-refractivity contribution in [1.29, 1.82) is 0 Å². The summed E-state index contributed by atoms with van der Waals surface area (Å²) in [6, 6.07) is 13.6. The van der Waals surface area contributed by atoms with Crippen molar-refractivity contribution in [2.24, 2.45) is 0 Å². The molecule has 0 bridgehead atoms. The van der Waals surface area contributed by atoms with Crippen LogP contribution in [0.2, 0.25) is 0 Å². The zero-order valence-electron chi connectivity index (χ0n) is 14.2. The van der Waals surface area contributed by atoms with E-state index >= 15 is 0 Å². The largest absolute Gasteiger partial charge is 0.334 e. The molecule has 0 radical (unpaired) electrons. The van der Waals surface area contributed by atoms with E-state index in [0.29, 0.717) is 17.5 Å². The van der Waals surface area contributed by atoms with Crippen molar-refractivity contribution in [2.75, 3.05) is 5.32 Å². The van der Waals surface area contributed by atoms with Gasteiger partial charge in [0.1, 0.15) is 5.82 Å². The summed E-state index contributed by atoms with van der Waals surface area (Å²) in [7, 11) is 0. The Labute approximate surface area is 168 Å². The third-order valence-corrected chi connectivity index (χ3v) is 5.18. The number of hydrogen-bond donors (Lipinski definition) is 1. The van der Waals surface area contributed by atoms with Crippen LogP contribution in [0.5, 0.6) is 0 Å². The highest BCUT2D eigenvalue weighted by atomic mass is 79.9. The number of halogens is 2. The predicted molar refractivity (Wildman–Crippen MR) is 110 cm³/mol. The van der Waals surface area contributed by atoms with Crippen molar-refractivity contribution in [3.63, 3.8) is 0 Å². The first-order chi connectivity index (χ1) is 13.1. The molecule has 3 rings (SSSR count). The second-order valence-corrected chi connectivity index (χ2v) is 7.44. The number of allylic oxidation sites excluding steroid dienone is 1. The molecule has 1 aromatic heterocycles.